The molecule has 0 aromatic carbocycles. The minimum absolute atomic E-state index is 0.0283. The summed E-state index contributed by atoms with van der Waals surface area (Å²) in [6, 6.07) is 0. The highest BCUT2D eigenvalue weighted by Crippen LogP contribution is 2.27. The van der Waals surface area contributed by atoms with Crippen molar-refractivity contribution in [2.45, 2.75) is 314 Å². The van der Waals surface area contributed by atoms with E-state index in [1.807, 2.05) is 0 Å². The predicted molar refractivity (Wildman–Crippen MR) is 331 cm³/mol. The molecule has 1 fully saturated rings. The van der Waals surface area contributed by atoms with E-state index in [4.69, 9.17) is 23.7 Å². The maximum absolute atomic E-state index is 13.2. The van der Waals surface area contributed by atoms with Gasteiger partial charge in [0.1, 0.15) is 18.8 Å². The first-order valence-electron chi connectivity index (χ1n) is 32.6. The van der Waals surface area contributed by atoms with Crippen LogP contribution in [0.2, 0.25) is 0 Å². The number of unbranched alkanes of at least 4 members (excludes halogenated alkanes) is 27. The number of hydrogen-bond acceptors (Lipinski definition) is 11. The van der Waals surface area contributed by atoms with Crippen molar-refractivity contribution in [1.29, 1.82) is 0 Å². The lowest BCUT2D eigenvalue weighted by Gasteiger charge is -2.40. The second kappa shape index (κ2) is 56.4. The minimum atomic E-state index is -1.92. The molecular weight excluding hydrogens is 1020 g/mol. The van der Waals surface area contributed by atoms with E-state index in [0.717, 1.165) is 122 Å². The van der Waals surface area contributed by atoms with Gasteiger partial charge in [0.25, 0.3) is 0 Å². The van der Waals surface area contributed by atoms with Crippen molar-refractivity contribution in [2.24, 2.45) is 0 Å². The number of rotatable bonds is 55. The summed E-state index contributed by atoms with van der Waals surface area (Å²) in [5, 5.41) is 31.6. The molecule has 464 valence electrons. The standard InChI is InChI=1S/C69H116O12/c1-4-7-10-13-16-19-22-25-28-30-31-33-35-37-40-43-46-49-52-55-61(70)77-58-60(79-62(71)56-53-50-47-44-41-38-34-27-24-21-18-15-12-9-6-3)59-78-69-67(65(74)64(73)66(81-69)68(75)76)80-63(72)57-54-51-48-45-42-39-36-32-29-26-23-20-17-14-11-8-5-2/h8-9,11-12,17-18,20-21,26-27,29,34,36,39,60,64-67,69,73-74H,4-7,10,13-16,19,22-25,28,30-33,35,37-38,40-59H2,1-3H3,(H,75,76)/b11-8-,12-9-,20-17-,21-18-,29-26-,34-27-,39-36-. The van der Waals surface area contributed by atoms with Crippen molar-refractivity contribution in [2.75, 3.05) is 13.2 Å². The number of aliphatic hydroxyl groups is 2. The third kappa shape index (κ3) is 46.0. The predicted octanol–water partition coefficient (Wildman–Crippen LogP) is 17.5. The maximum Gasteiger partial charge on any atom is 0.335 e. The molecule has 1 aliphatic rings. The van der Waals surface area contributed by atoms with Crippen LogP contribution in [0.15, 0.2) is 85.1 Å². The largest absolute Gasteiger partial charge is 0.479 e. The van der Waals surface area contributed by atoms with Crippen LogP contribution in [-0.4, -0.2) is 89.2 Å². The molecule has 3 N–H and O–H groups in total. The Morgan fingerprint density at radius 1 is 0.420 bits per heavy atom. The fourth-order valence-corrected chi connectivity index (χ4v) is 9.55. The lowest BCUT2D eigenvalue weighted by molar-refractivity contribution is -0.301. The first-order chi connectivity index (χ1) is 39.6. The molecule has 0 aromatic heterocycles. The molecule has 81 heavy (non-hydrogen) atoms. The number of esters is 3. The molecule has 1 aliphatic heterocycles. The van der Waals surface area contributed by atoms with E-state index in [-0.39, 0.29) is 25.9 Å². The average Bonchev–Trinajstić information content (AvgIpc) is 3.53. The Labute approximate surface area is 492 Å². The molecule has 0 spiro atoms. The number of allylic oxidation sites excluding steroid dienone is 14. The van der Waals surface area contributed by atoms with E-state index in [9.17, 15) is 34.5 Å². The molecule has 0 radical (unpaired) electrons. The highest BCUT2D eigenvalue weighted by atomic mass is 16.7. The van der Waals surface area contributed by atoms with Gasteiger partial charge in [-0.15, -0.1) is 0 Å². The van der Waals surface area contributed by atoms with Crippen LogP contribution in [0.4, 0.5) is 0 Å². The van der Waals surface area contributed by atoms with Gasteiger partial charge in [-0.05, 0) is 89.9 Å². The Balaban J connectivity index is 2.67. The minimum Gasteiger partial charge on any atom is -0.479 e. The zero-order valence-corrected chi connectivity index (χ0v) is 51.3. The summed E-state index contributed by atoms with van der Waals surface area (Å²) < 4.78 is 28.5. The molecule has 6 unspecified atom stereocenters. The molecular formula is C69H116O12. The number of aliphatic hydroxyl groups excluding tert-OH is 2. The third-order valence-corrected chi connectivity index (χ3v) is 14.5. The monoisotopic (exact) mass is 1140 g/mol. The Bertz CT molecular complexity index is 1730. The van der Waals surface area contributed by atoms with Crippen LogP contribution in [0.5, 0.6) is 0 Å². The van der Waals surface area contributed by atoms with Gasteiger partial charge in [0.15, 0.2) is 24.6 Å². The summed E-state index contributed by atoms with van der Waals surface area (Å²) in [5.74, 6) is -3.16. The average molecular weight is 1140 g/mol. The third-order valence-electron chi connectivity index (χ3n) is 14.5. The molecule has 0 saturated carbocycles. The quantitative estimate of drug-likeness (QED) is 0.0228. The summed E-state index contributed by atoms with van der Waals surface area (Å²) in [6.45, 7) is 5.78. The second-order valence-corrected chi connectivity index (χ2v) is 22.0. The summed E-state index contributed by atoms with van der Waals surface area (Å²) in [5.41, 5.74) is 0. The van der Waals surface area contributed by atoms with E-state index < -0.39 is 67.3 Å². The lowest BCUT2D eigenvalue weighted by atomic mass is 9.98. The Morgan fingerprint density at radius 3 is 1.19 bits per heavy atom. The molecule has 0 aromatic rings. The van der Waals surface area contributed by atoms with Crippen molar-refractivity contribution in [1.82, 2.24) is 0 Å². The number of ether oxygens (including phenoxy) is 5. The number of carboxylic acid groups (broad SMARTS) is 1. The lowest BCUT2D eigenvalue weighted by Crippen LogP contribution is -2.61. The van der Waals surface area contributed by atoms with E-state index >= 15 is 0 Å². The SMILES string of the molecule is CC/C=C\C/C=C\C/C=C\C/C=C\CCCCCCC(=O)OC1C(OCC(COC(=O)CCCCCCCCCCCCCCCCCCCCC)OC(=O)CCCCCCC/C=C\C/C=C\C/C=C\CC)OC(C(=O)O)C(O)C1O. The van der Waals surface area contributed by atoms with Gasteiger partial charge in [-0.25, -0.2) is 4.79 Å². The molecule has 0 bridgehead atoms. The highest BCUT2D eigenvalue weighted by Gasteiger charge is 2.50. The van der Waals surface area contributed by atoms with Crippen LogP contribution in [0.25, 0.3) is 0 Å². The van der Waals surface area contributed by atoms with Gasteiger partial charge >= 0.3 is 23.9 Å². The molecule has 12 heteroatoms. The number of carbonyl (C=O) groups is 4. The number of carboxylic acids is 1. The van der Waals surface area contributed by atoms with Gasteiger partial charge in [0.05, 0.1) is 6.61 Å². The zero-order chi connectivity index (χ0) is 58.9. The Kier molecular flexibility index (Phi) is 52.1. The summed E-state index contributed by atoms with van der Waals surface area (Å²) in [4.78, 5) is 51.3. The summed E-state index contributed by atoms with van der Waals surface area (Å²) in [7, 11) is 0. The fraction of sp³-hybridized carbons (Fsp3) is 0.739. The van der Waals surface area contributed by atoms with Gasteiger partial charge in [-0.2, -0.15) is 0 Å². The van der Waals surface area contributed by atoms with E-state index in [1.165, 1.54) is 96.3 Å². The first-order valence-corrected chi connectivity index (χ1v) is 32.6. The molecule has 0 amide bonds. The van der Waals surface area contributed by atoms with Crippen molar-refractivity contribution >= 4 is 23.9 Å². The van der Waals surface area contributed by atoms with Crippen LogP contribution in [-0.2, 0) is 42.9 Å². The smallest absolute Gasteiger partial charge is 0.335 e. The fourth-order valence-electron chi connectivity index (χ4n) is 9.55. The first kappa shape index (κ1) is 74.9. The topological polar surface area (TPSA) is 175 Å². The molecule has 0 aliphatic carbocycles. The van der Waals surface area contributed by atoms with Crippen molar-refractivity contribution in [3.8, 4) is 0 Å². The van der Waals surface area contributed by atoms with Gasteiger partial charge in [0, 0.05) is 19.3 Å². The number of carbonyl (C=O) groups excluding carboxylic acids is 3. The Hall–Kier alpha value is -4.10. The number of hydrogen-bond donors (Lipinski definition) is 3. The molecule has 6 atom stereocenters. The van der Waals surface area contributed by atoms with Crippen LogP contribution < -0.4 is 0 Å². The van der Waals surface area contributed by atoms with E-state index in [0.29, 0.717) is 19.3 Å². The molecule has 1 rings (SSSR count). The van der Waals surface area contributed by atoms with Crippen LogP contribution in [0, 0.1) is 0 Å². The number of aliphatic carboxylic acids is 1. The highest BCUT2D eigenvalue weighted by molar-refractivity contribution is 5.74. The van der Waals surface area contributed by atoms with Gasteiger partial charge in [-0.3, -0.25) is 14.4 Å². The normalized spacial score (nSPS) is 18.3. The van der Waals surface area contributed by atoms with Crippen molar-refractivity contribution in [3.05, 3.63) is 85.1 Å². The van der Waals surface area contributed by atoms with E-state index in [1.54, 1.807) is 0 Å². The van der Waals surface area contributed by atoms with Gasteiger partial charge in [0.2, 0.25) is 0 Å². The van der Waals surface area contributed by atoms with Gasteiger partial charge in [-0.1, -0.05) is 254 Å². The van der Waals surface area contributed by atoms with Crippen LogP contribution in [0.1, 0.15) is 278 Å². The van der Waals surface area contributed by atoms with Crippen molar-refractivity contribution < 1.29 is 58.2 Å². The van der Waals surface area contributed by atoms with Crippen molar-refractivity contribution in [3.63, 3.8) is 0 Å². The molecule has 1 heterocycles. The van der Waals surface area contributed by atoms with Gasteiger partial charge < -0.3 is 39.0 Å². The maximum atomic E-state index is 13.2. The van der Waals surface area contributed by atoms with Crippen LogP contribution >= 0.6 is 0 Å². The zero-order valence-electron chi connectivity index (χ0n) is 51.3. The summed E-state index contributed by atoms with van der Waals surface area (Å²) >= 11 is 0. The summed E-state index contributed by atoms with van der Waals surface area (Å²) in [6.07, 6.45) is 61.1. The molecule has 1 saturated heterocycles. The molecule has 12 nitrogen and oxygen atoms in total. The Morgan fingerprint density at radius 2 is 0.778 bits per heavy atom. The second-order valence-electron chi connectivity index (χ2n) is 22.0. The van der Waals surface area contributed by atoms with E-state index in [2.05, 4.69) is 106 Å². The van der Waals surface area contributed by atoms with Crippen LogP contribution in [0.3, 0.4) is 0 Å².